The molecule has 1 aliphatic rings. The van der Waals surface area contributed by atoms with Gasteiger partial charge in [0.1, 0.15) is 12.0 Å². The highest BCUT2D eigenvalue weighted by Gasteiger charge is 2.37. The van der Waals surface area contributed by atoms with Crippen molar-refractivity contribution in [3.05, 3.63) is 94.6 Å². The highest BCUT2D eigenvalue weighted by atomic mass is 19.1. The van der Waals surface area contributed by atoms with E-state index in [4.69, 9.17) is 0 Å². The Bertz CT molecular complexity index is 1000. The molecule has 1 amide bonds. The quantitative estimate of drug-likeness (QED) is 0.738. The van der Waals surface area contributed by atoms with Gasteiger partial charge in [-0.1, -0.05) is 18.2 Å². The molecule has 27 heavy (non-hydrogen) atoms. The summed E-state index contributed by atoms with van der Waals surface area (Å²) in [6.45, 7) is 4.50. The molecule has 1 aliphatic heterocycles. The van der Waals surface area contributed by atoms with E-state index in [0.29, 0.717) is 17.8 Å². The van der Waals surface area contributed by atoms with Crippen molar-refractivity contribution in [2.45, 2.75) is 26.6 Å². The zero-order valence-electron chi connectivity index (χ0n) is 15.2. The lowest BCUT2D eigenvalue weighted by atomic mass is 10.1. The summed E-state index contributed by atoms with van der Waals surface area (Å²) >= 11 is 0. The lowest BCUT2D eigenvalue weighted by Crippen LogP contribution is -2.32. The Hall–Kier alpha value is -3.21. The molecule has 0 bridgehead atoms. The summed E-state index contributed by atoms with van der Waals surface area (Å²) in [6, 6.07) is 15.9. The summed E-state index contributed by atoms with van der Waals surface area (Å²) in [5.41, 5.74) is 5.49. The Morgan fingerprint density at radius 1 is 1.07 bits per heavy atom. The topological polar surface area (TPSA) is 45.2 Å². The number of aromatic nitrogens is 1. The van der Waals surface area contributed by atoms with E-state index in [2.05, 4.69) is 36.3 Å². The number of halogens is 1. The standard InChI is InChI=1S/C22H20FN3O/c1-14-5-10-18(12-15(14)2)25-21-20-19(4-3-11-24-20)22(27)26(21)13-16-6-8-17(23)9-7-16/h3-12,21,25H,13H2,1-2H3/t21-/m1/s1. The van der Waals surface area contributed by atoms with Gasteiger partial charge in [0, 0.05) is 18.4 Å². The number of hydrogen-bond acceptors (Lipinski definition) is 3. The first-order chi connectivity index (χ1) is 13.0. The van der Waals surface area contributed by atoms with Crippen LogP contribution in [0.25, 0.3) is 0 Å². The van der Waals surface area contributed by atoms with E-state index in [1.807, 2.05) is 6.07 Å². The molecule has 0 unspecified atom stereocenters. The number of rotatable bonds is 4. The number of carbonyl (C=O) groups excluding carboxylic acids is 1. The van der Waals surface area contributed by atoms with Crippen LogP contribution < -0.4 is 5.32 Å². The van der Waals surface area contributed by atoms with E-state index >= 15 is 0 Å². The number of aryl methyl sites for hydroxylation is 2. The summed E-state index contributed by atoms with van der Waals surface area (Å²) in [6.07, 6.45) is 1.32. The third kappa shape index (κ3) is 3.28. The first-order valence-electron chi connectivity index (χ1n) is 8.87. The summed E-state index contributed by atoms with van der Waals surface area (Å²) in [7, 11) is 0. The molecule has 0 saturated heterocycles. The molecule has 0 aliphatic carbocycles. The van der Waals surface area contributed by atoms with Crippen molar-refractivity contribution in [1.29, 1.82) is 0 Å². The smallest absolute Gasteiger partial charge is 0.258 e. The fourth-order valence-corrected chi connectivity index (χ4v) is 3.32. The second kappa shape index (κ2) is 6.83. The molecule has 136 valence electrons. The fourth-order valence-electron chi connectivity index (χ4n) is 3.32. The van der Waals surface area contributed by atoms with Crippen molar-refractivity contribution < 1.29 is 9.18 Å². The van der Waals surface area contributed by atoms with Crippen molar-refractivity contribution in [2.24, 2.45) is 0 Å². The van der Waals surface area contributed by atoms with Crippen LogP contribution in [0.15, 0.2) is 60.8 Å². The summed E-state index contributed by atoms with van der Waals surface area (Å²) in [5.74, 6) is -0.370. The molecule has 2 aromatic carbocycles. The third-order valence-electron chi connectivity index (χ3n) is 4.98. The van der Waals surface area contributed by atoms with Crippen molar-refractivity contribution >= 4 is 11.6 Å². The molecular formula is C22H20FN3O. The van der Waals surface area contributed by atoms with Crippen LogP contribution in [-0.2, 0) is 6.54 Å². The van der Waals surface area contributed by atoms with Gasteiger partial charge in [0.25, 0.3) is 5.91 Å². The molecule has 0 radical (unpaired) electrons. The number of pyridine rings is 1. The predicted octanol–water partition coefficient (Wildman–Crippen LogP) is 4.60. The van der Waals surface area contributed by atoms with Gasteiger partial charge in [-0.25, -0.2) is 4.39 Å². The van der Waals surface area contributed by atoms with Gasteiger partial charge in [-0.15, -0.1) is 0 Å². The zero-order valence-corrected chi connectivity index (χ0v) is 15.2. The SMILES string of the molecule is Cc1ccc(N[C@H]2c3ncccc3C(=O)N2Cc2ccc(F)cc2)cc1C. The van der Waals surface area contributed by atoms with Gasteiger partial charge in [-0.3, -0.25) is 9.78 Å². The number of amides is 1. The molecule has 0 saturated carbocycles. The average molecular weight is 361 g/mol. The van der Waals surface area contributed by atoms with Gasteiger partial charge >= 0.3 is 0 Å². The number of benzene rings is 2. The van der Waals surface area contributed by atoms with Gasteiger partial charge < -0.3 is 10.2 Å². The Morgan fingerprint density at radius 2 is 1.85 bits per heavy atom. The summed E-state index contributed by atoms with van der Waals surface area (Å²) in [5, 5.41) is 3.45. The maximum Gasteiger partial charge on any atom is 0.258 e. The van der Waals surface area contributed by atoms with Crippen molar-refractivity contribution in [1.82, 2.24) is 9.88 Å². The van der Waals surface area contributed by atoms with Gasteiger partial charge in [-0.2, -0.15) is 0 Å². The van der Waals surface area contributed by atoms with Gasteiger partial charge in [-0.05, 0) is 66.9 Å². The van der Waals surface area contributed by atoms with Crippen LogP contribution in [0.4, 0.5) is 10.1 Å². The summed E-state index contributed by atoms with van der Waals surface area (Å²) < 4.78 is 13.2. The monoisotopic (exact) mass is 361 g/mol. The highest BCUT2D eigenvalue weighted by molar-refractivity contribution is 5.98. The molecule has 0 fully saturated rings. The van der Waals surface area contributed by atoms with Crippen molar-refractivity contribution in [3.8, 4) is 0 Å². The van der Waals surface area contributed by atoms with E-state index in [1.165, 1.54) is 23.3 Å². The minimum atomic E-state index is -0.374. The van der Waals surface area contributed by atoms with Crippen LogP contribution >= 0.6 is 0 Å². The average Bonchev–Trinajstić information content (AvgIpc) is 2.92. The molecule has 1 atom stereocenters. The number of fused-ring (bicyclic) bond motifs is 1. The molecule has 3 aromatic rings. The van der Waals surface area contributed by atoms with Crippen LogP contribution in [0.1, 0.15) is 38.9 Å². The van der Waals surface area contributed by atoms with E-state index in [0.717, 1.165) is 11.3 Å². The van der Waals surface area contributed by atoms with E-state index in [-0.39, 0.29) is 17.9 Å². The van der Waals surface area contributed by atoms with Crippen LogP contribution in [0.5, 0.6) is 0 Å². The Labute approximate surface area is 157 Å². The van der Waals surface area contributed by atoms with Crippen LogP contribution in [0, 0.1) is 19.7 Å². The number of hydrogen-bond donors (Lipinski definition) is 1. The first-order valence-corrected chi connectivity index (χ1v) is 8.87. The lowest BCUT2D eigenvalue weighted by molar-refractivity contribution is 0.0728. The lowest BCUT2D eigenvalue weighted by Gasteiger charge is -2.27. The van der Waals surface area contributed by atoms with Crippen molar-refractivity contribution in [2.75, 3.05) is 5.32 Å². The Morgan fingerprint density at radius 3 is 2.59 bits per heavy atom. The van der Waals surface area contributed by atoms with Gasteiger partial charge in [0.15, 0.2) is 0 Å². The van der Waals surface area contributed by atoms with Crippen molar-refractivity contribution in [3.63, 3.8) is 0 Å². The van der Waals surface area contributed by atoms with Crippen LogP contribution in [-0.4, -0.2) is 15.8 Å². The van der Waals surface area contributed by atoms with Crippen LogP contribution in [0.2, 0.25) is 0 Å². The fraction of sp³-hybridized carbons (Fsp3) is 0.182. The molecule has 4 rings (SSSR count). The molecule has 1 aromatic heterocycles. The minimum absolute atomic E-state index is 0.0799. The van der Waals surface area contributed by atoms with E-state index in [1.54, 1.807) is 35.4 Å². The molecular weight excluding hydrogens is 341 g/mol. The Kier molecular flexibility index (Phi) is 4.36. The normalized spacial score (nSPS) is 15.7. The van der Waals surface area contributed by atoms with Crippen LogP contribution in [0.3, 0.4) is 0 Å². The largest absolute Gasteiger partial charge is 0.360 e. The predicted molar refractivity (Wildman–Crippen MR) is 103 cm³/mol. The highest BCUT2D eigenvalue weighted by Crippen LogP contribution is 2.34. The first kappa shape index (κ1) is 17.2. The maximum atomic E-state index is 13.2. The third-order valence-corrected chi connectivity index (χ3v) is 4.98. The Balaban J connectivity index is 1.68. The molecule has 5 heteroatoms. The molecule has 1 N–H and O–H groups in total. The molecule has 4 nitrogen and oxygen atoms in total. The van der Waals surface area contributed by atoms with Gasteiger partial charge in [0.2, 0.25) is 0 Å². The van der Waals surface area contributed by atoms with E-state index in [9.17, 15) is 9.18 Å². The zero-order chi connectivity index (χ0) is 19.0. The molecule has 0 spiro atoms. The second-order valence-corrected chi connectivity index (χ2v) is 6.84. The van der Waals surface area contributed by atoms with E-state index < -0.39 is 0 Å². The number of carbonyl (C=O) groups is 1. The number of nitrogens with one attached hydrogen (secondary N) is 1. The molecule has 2 heterocycles. The maximum absolute atomic E-state index is 13.2. The number of nitrogens with zero attached hydrogens (tertiary/aromatic N) is 2. The number of anilines is 1. The van der Waals surface area contributed by atoms with Gasteiger partial charge in [0.05, 0.1) is 11.3 Å². The summed E-state index contributed by atoms with van der Waals surface area (Å²) in [4.78, 5) is 19.1. The second-order valence-electron chi connectivity index (χ2n) is 6.84. The minimum Gasteiger partial charge on any atom is -0.360 e.